The molecule has 4 rings (SSSR count). The van der Waals surface area contributed by atoms with Crippen LogP contribution in [0, 0.1) is 20.8 Å². The molecule has 0 aliphatic carbocycles. The number of rotatable bonds is 6. The molecule has 3 N–H and O–H groups in total. The minimum atomic E-state index is -5.08. The molecular formula is C27H29F3N4O6S. The maximum atomic E-state index is 13.2. The van der Waals surface area contributed by atoms with Crippen molar-refractivity contribution < 1.29 is 41.4 Å². The van der Waals surface area contributed by atoms with E-state index in [2.05, 4.69) is 19.5 Å². The number of piperazine rings is 1. The first-order chi connectivity index (χ1) is 19.1. The second kappa shape index (κ2) is 12.5. The molecule has 220 valence electrons. The molecule has 10 nitrogen and oxygen atoms in total. The zero-order valence-electron chi connectivity index (χ0n) is 22.4. The van der Waals surface area contributed by atoms with Crippen molar-refractivity contribution in [3.8, 4) is 0 Å². The SMILES string of the molecule is Cc1cc(C)c(S(=O)(=O)Nc2ccc(N3CCN(c4ccccn4)CC3)cc2C(=O)O)c(C)c1.O=C(O)C(F)(F)F. The number of carboxylic acid groups (broad SMARTS) is 2. The lowest BCUT2D eigenvalue weighted by Crippen LogP contribution is -2.46. The third kappa shape index (κ3) is 7.87. The van der Waals surface area contributed by atoms with Crippen molar-refractivity contribution in [2.75, 3.05) is 40.7 Å². The molecule has 41 heavy (non-hydrogen) atoms. The van der Waals surface area contributed by atoms with Crippen LogP contribution in [-0.4, -0.2) is 67.9 Å². The summed E-state index contributed by atoms with van der Waals surface area (Å²) < 4.78 is 60.6. The van der Waals surface area contributed by atoms with Gasteiger partial charge in [0.05, 0.1) is 16.1 Å². The Bertz CT molecular complexity index is 1500. The number of halogens is 3. The van der Waals surface area contributed by atoms with E-state index in [4.69, 9.17) is 9.90 Å². The number of aromatic nitrogens is 1. The highest BCUT2D eigenvalue weighted by molar-refractivity contribution is 7.92. The van der Waals surface area contributed by atoms with Gasteiger partial charge < -0.3 is 20.0 Å². The first-order valence-corrected chi connectivity index (χ1v) is 13.8. The van der Waals surface area contributed by atoms with Crippen molar-refractivity contribution in [2.45, 2.75) is 31.8 Å². The summed E-state index contributed by atoms with van der Waals surface area (Å²) in [5, 5.41) is 16.9. The molecule has 0 amide bonds. The molecule has 1 saturated heterocycles. The predicted molar refractivity (Wildman–Crippen MR) is 147 cm³/mol. The Morgan fingerprint density at radius 1 is 0.902 bits per heavy atom. The fourth-order valence-corrected chi connectivity index (χ4v) is 6.05. The summed E-state index contributed by atoms with van der Waals surface area (Å²) in [6.07, 6.45) is -3.32. The molecule has 1 fully saturated rings. The second-order valence-electron chi connectivity index (χ2n) is 9.33. The number of anilines is 3. The first kappa shape index (κ1) is 31.2. The Balaban J connectivity index is 0.000000587. The van der Waals surface area contributed by atoms with Crippen LogP contribution in [0.15, 0.2) is 59.6 Å². The van der Waals surface area contributed by atoms with E-state index in [0.29, 0.717) is 24.2 Å². The Morgan fingerprint density at radius 2 is 1.46 bits per heavy atom. The lowest BCUT2D eigenvalue weighted by atomic mass is 10.1. The van der Waals surface area contributed by atoms with Crippen LogP contribution in [0.3, 0.4) is 0 Å². The molecule has 14 heteroatoms. The van der Waals surface area contributed by atoms with E-state index >= 15 is 0 Å². The lowest BCUT2D eigenvalue weighted by molar-refractivity contribution is -0.192. The fourth-order valence-electron chi connectivity index (χ4n) is 4.52. The molecule has 0 radical (unpaired) electrons. The van der Waals surface area contributed by atoms with Gasteiger partial charge >= 0.3 is 18.1 Å². The van der Waals surface area contributed by atoms with Crippen LogP contribution in [0.1, 0.15) is 27.0 Å². The van der Waals surface area contributed by atoms with Crippen molar-refractivity contribution >= 4 is 39.2 Å². The van der Waals surface area contributed by atoms with E-state index < -0.39 is 28.1 Å². The van der Waals surface area contributed by atoms with E-state index in [1.807, 2.05) is 25.1 Å². The van der Waals surface area contributed by atoms with Crippen molar-refractivity contribution in [2.24, 2.45) is 0 Å². The second-order valence-corrected chi connectivity index (χ2v) is 11.0. The van der Waals surface area contributed by atoms with E-state index in [9.17, 15) is 31.5 Å². The summed E-state index contributed by atoms with van der Waals surface area (Å²) >= 11 is 0. The Kier molecular flexibility index (Phi) is 9.48. The number of nitrogens with zero attached hydrogens (tertiary/aromatic N) is 3. The monoisotopic (exact) mass is 594 g/mol. The highest BCUT2D eigenvalue weighted by Gasteiger charge is 2.38. The average molecular weight is 595 g/mol. The number of carboxylic acids is 2. The van der Waals surface area contributed by atoms with Gasteiger partial charge in [0, 0.05) is 38.1 Å². The number of aliphatic carboxylic acids is 1. The molecule has 0 unspecified atom stereocenters. The summed E-state index contributed by atoms with van der Waals surface area (Å²) in [5.41, 5.74) is 2.89. The van der Waals surface area contributed by atoms with Crippen LogP contribution in [0.25, 0.3) is 0 Å². The van der Waals surface area contributed by atoms with Crippen molar-refractivity contribution in [1.29, 1.82) is 0 Å². The summed E-state index contributed by atoms with van der Waals surface area (Å²) in [7, 11) is -3.96. The summed E-state index contributed by atoms with van der Waals surface area (Å²) in [5.74, 6) is -3.03. The number of pyridine rings is 1. The lowest BCUT2D eigenvalue weighted by Gasteiger charge is -2.37. The number of nitrogens with one attached hydrogen (secondary N) is 1. The standard InChI is InChI=1S/C25H28N4O4S.C2HF3O2/c1-17-14-18(2)24(19(3)15-17)34(32,33)27-22-8-7-20(16-21(22)25(30)31)28-10-12-29(13-11-28)23-6-4-5-9-26-23;3-2(4,5)1(6)7/h4-9,14-16,27H,10-13H2,1-3H3,(H,30,31);(H,6,7). The van der Waals surface area contributed by atoms with Gasteiger partial charge in [-0.2, -0.15) is 13.2 Å². The Hall–Kier alpha value is -4.33. The quantitative estimate of drug-likeness (QED) is 0.377. The summed E-state index contributed by atoms with van der Waals surface area (Å²) in [6, 6.07) is 14.2. The molecule has 0 atom stereocenters. The minimum absolute atomic E-state index is 0.0442. The number of benzene rings is 2. The highest BCUT2D eigenvalue weighted by Crippen LogP contribution is 2.29. The van der Waals surface area contributed by atoms with Crippen LogP contribution < -0.4 is 14.5 Å². The fraction of sp³-hybridized carbons (Fsp3) is 0.296. The van der Waals surface area contributed by atoms with Gasteiger partial charge in [-0.25, -0.2) is 23.0 Å². The van der Waals surface area contributed by atoms with Gasteiger partial charge in [0.15, 0.2) is 0 Å². The van der Waals surface area contributed by atoms with Crippen molar-refractivity contribution in [3.63, 3.8) is 0 Å². The van der Waals surface area contributed by atoms with Crippen molar-refractivity contribution in [3.05, 3.63) is 77.0 Å². The average Bonchev–Trinajstić information content (AvgIpc) is 2.88. The molecule has 1 aromatic heterocycles. The third-order valence-corrected chi connectivity index (χ3v) is 7.88. The molecule has 1 aliphatic heterocycles. The van der Waals surface area contributed by atoms with Gasteiger partial charge in [-0.05, 0) is 62.2 Å². The van der Waals surface area contributed by atoms with E-state index in [1.165, 1.54) is 12.1 Å². The molecule has 2 heterocycles. The van der Waals surface area contributed by atoms with Crippen molar-refractivity contribution in [1.82, 2.24) is 4.98 Å². The zero-order chi connectivity index (χ0) is 30.5. The summed E-state index contributed by atoms with van der Waals surface area (Å²) in [4.78, 5) is 29.8. The minimum Gasteiger partial charge on any atom is -0.478 e. The molecule has 0 saturated carbocycles. The van der Waals surface area contributed by atoms with Gasteiger partial charge in [0.2, 0.25) is 0 Å². The van der Waals surface area contributed by atoms with Gasteiger partial charge in [-0.15, -0.1) is 0 Å². The van der Waals surface area contributed by atoms with Crippen LogP contribution in [0.2, 0.25) is 0 Å². The molecule has 0 spiro atoms. The number of alkyl halides is 3. The Morgan fingerprint density at radius 3 is 1.95 bits per heavy atom. The molecular weight excluding hydrogens is 565 g/mol. The molecule has 2 aromatic carbocycles. The highest BCUT2D eigenvalue weighted by atomic mass is 32.2. The van der Waals surface area contributed by atoms with Gasteiger partial charge in [0.1, 0.15) is 5.82 Å². The maximum absolute atomic E-state index is 13.2. The zero-order valence-corrected chi connectivity index (χ0v) is 23.3. The Labute approximate surface area is 235 Å². The van der Waals surface area contributed by atoms with Gasteiger partial charge in [-0.1, -0.05) is 23.8 Å². The third-order valence-electron chi connectivity index (χ3n) is 6.21. The topological polar surface area (TPSA) is 140 Å². The molecule has 3 aromatic rings. The summed E-state index contributed by atoms with van der Waals surface area (Å²) in [6.45, 7) is 8.27. The maximum Gasteiger partial charge on any atom is 0.490 e. The number of carbonyl (C=O) groups is 2. The first-order valence-electron chi connectivity index (χ1n) is 12.3. The van der Waals surface area contributed by atoms with Crippen LogP contribution in [0.4, 0.5) is 30.4 Å². The molecule has 0 bridgehead atoms. The number of aromatic carboxylic acids is 1. The number of hydrogen-bond donors (Lipinski definition) is 3. The molecule has 1 aliphatic rings. The largest absolute Gasteiger partial charge is 0.490 e. The predicted octanol–water partition coefficient (Wildman–Crippen LogP) is 4.47. The van der Waals surface area contributed by atoms with Crippen LogP contribution in [-0.2, 0) is 14.8 Å². The normalized spacial score (nSPS) is 13.7. The number of hydrogen-bond acceptors (Lipinski definition) is 7. The number of aryl methyl sites for hydroxylation is 3. The van der Waals surface area contributed by atoms with Gasteiger partial charge in [0.25, 0.3) is 10.0 Å². The van der Waals surface area contributed by atoms with Crippen LogP contribution >= 0.6 is 0 Å². The van der Waals surface area contributed by atoms with E-state index in [-0.39, 0.29) is 16.1 Å². The van der Waals surface area contributed by atoms with E-state index in [0.717, 1.165) is 30.2 Å². The van der Waals surface area contributed by atoms with E-state index in [1.54, 1.807) is 38.2 Å². The van der Waals surface area contributed by atoms with Crippen LogP contribution in [0.5, 0.6) is 0 Å². The smallest absolute Gasteiger partial charge is 0.478 e. The van der Waals surface area contributed by atoms with Gasteiger partial charge in [-0.3, -0.25) is 4.72 Å². The number of sulfonamides is 1.